The van der Waals surface area contributed by atoms with E-state index in [-0.39, 0.29) is 43.2 Å². The van der Waals surface area contributed by atoms with Gasteiger partial charge in [-0.3, -0.25) is 4.79 Å². The van der Waals surface area contributed by atoms with Crippen LogP contribution in [0.25, 0.3) is 6.08 Å². The van der Waals surface area contributed by atoms with Crippen molar-refractivity contribution in [1.82, 2.24) is 9.80 Å². The molecule has 2 fully saturated rings. The second-order valence-corrected chi connectivity index (χ2v) is 9.61. The molecule has 2 saturated heterocycles. The van der Waals surface area contributed by atoms with Crippen molar-refractivity contribution in [3.8, 4) is 0 Å². The summed E-state index contributed by atoms with van der Waals surface area (Å²) >= 11 is 0. The maximum atomic E-state index is 13.3. The van der Waals surface area contributed by atoms with Crippen LogP contribution in [0.2, 0.25) is 0 Å². The molecule has 4 rings (SSSR count). The summed E-state index contributed by atoms with van der Waals surface area (Å²) in [4.78, 5) is 16.2. The summed E-state index contributed by atoms with van der Waals surface area (Å²) in [5.74, 6) is -1.62. The number of piperidine rings is 2. The van der Waals surface area contributed by atoms with E-state index >= 15 is 0 Å². The van der Waals surface area contributed by atoms with Crippen LogP contribution in [0.15, 0.2) is 48.5 Å². The molecule has 2 N–H and O–H groups in total. The van der Waals surface area contributed by atoms with E-state index in [0.717, 1.165) is 49.7 Å². The highest BCUT2D eigenvalue weighted by atomic mass is 19.1. The van der Waals surface area contributed by atoms with Crippen LogP contribution in [-0.4, -0.2) is 70.3 Å². The first-order chi connectivity index (χ1) is 16.7. The Kier molecular flexibility index (Phi) is 7.94. The van der Waals surface area contributed by atoms with Crippen LogP contribution < -0.4 is 0 Å². The van der Waals surface area contributed by atoms with Gasteiger partial charge in [-0.1, -0.05) is 12.1 Å². The molecule has 0 aliphatic carbocycles. The van der Waals surface area contributed by atoms with E-state index in [9.17, 15) is 28.2 Å². The number of hydrogen-bond donors (Lipinski definition) is 2. The molecule has 188 valence electrons. The Morgan fingerprint density at radius 3 is 2.17 bits per heavy atom. The fourth-order valence-corrected chi connectivity index (χ4v) is 4.99. The van der Waals surface area contributed by atoms with Crippen LogP contribution in [0.1, 0.15) is 42.7 Å². The molecule has 0 spiro atoms. The molecule has 1 amide bonds. The van der Waals surface area contributed by atoms with Gasteiger partial charge in [-0.25, -0.2) is 13.2 Å². The van der Waals surface area contributed by atoms with E-state index < -0.39 is 23.3 Å². The number of halogens is 3. The van der Waals surface area contributed by atoms with Gasteiger partial charge in [0.25, 0.3) is 0 Å². The fourth-order valence-electron chi connectivity index (χ4n) is 4.99. The topological polar surface area (TPSA) is 64.0 Å². The van der Waals surface area contributed by atoms with E-state index in [1.54, 1.807) is 4.90 Å². The standard InChI is InChI=1S/C27H31F3N2O3/c28-22-4-2-20(3-5-22)21-7-11-31(12-8-21)18-25(33)27(35)9-13-32(14-10-27)26(34)6-1-19-15-23(29)17-24(30)16-19/h1-6,15-17,21,25,33,35H,7-14,18H2. The molecule has 2 aliphatic rings. The van der Waals surface area contributed by atoms with E-state index in [4.69, 9.17) is 0 Å². The van der Waals surface area contributed by atoms with Crippen LogP contribution >= 0.6 is 0 Å². The lowest BCUT2D eigenvalue weighted by molar-refractivity contribution is -0.140. The summed E-state index contributed by atoms with van der Waals surface area (Å²) in [5.41, 5.74) is 0.0989. The van der Waals surface area contributed by atoms with Crippen molar-refractivity contribution in [2.45, 2.75) is 43.3 Å². The number of β-amino-alcohol motifs (C(OH)–C–C–N with tert-alkyl or cyclic N) is 1. The summed E-state index contributed by atoms with van der Waals surface area (Å²) in [6.45, 7) is 2.48. The van der Waals surface area contributed by atoms with Gasteiger partial charge < -0.3 is 20.0 Å². The Morgan fingerprint density at radius 2 is 1.57 bits per heavy atom. The molecule has 1 atom stereocenters. The minimum Gasteiger partial charge on any atom is -0.389 e. The Balaban J connectivity index is 1.24. The van der Waals surface area contributed by atoms with Gasteiger partial charge in [0, 0.05) is 31.8 Å². The summed E-state index contributed by atoms with van der Waals surface area (Å²) in [6.07, 6.45) is 3.98. The average Bonchev–Trinajstić information content (AvgIpc) is 2.83. The largest absolute Gasteiger partial charge is 0.389 e. The molecule has 2 aromatic rings. The smallest absolute Gasteiger partial charge is 0.246 e. The van der Waals surface area contributed by atoms with Gasteiger partial charge in [-0.2, -0.15) is 0 Å². The molecule has 8 heteroatoms. The molecular weight excluding hydrogens is 457 g/mol. The number of aliphatic hydroxyl groups excluding tert-OH is 1. The summed E-state index contributed by atoms with van der Waals surface area (Å²) in [6, 6.07) is 9.66. The van der Waals surface area contributed by atoms with Gasteiger partial charge in [0.15, 0.2) is 0 Å². The number of aliphatic hydroxyl groups is 2. The van der Waals surface area contributed by atoms with Crippen molar-refractivity contribution in [1.29, 1.82) is 0 Å². The average molecular weight is 489 g/mol. The van der Waals surface area contributed by atoms with Crippen LogP contribution in [-0.2, 0) is 4.79 Å². The fraction of sp³-hybridized carbons (Fsp3) is 0.444. The minimum atomic E-state index is -1.28. The number of carbonyl (C=O) groups excluding carboxylic acids is 1. The lowest BCUT2D eigenvalue weighted by Gasteiger charge is -2.43. The van der Waals surface area contributed by atoms with Crippen LogP contribution in [0.5, 0.6) is 0 Å². The molecule has 1 unspecified atom stereocenters. The van der Waals surface area contributed by atoms with Gasteiger partial charge in [0.05, 0.1) is 11.7 Å². The third-order valence-corrected chi connectivity index (χ3v) is 7.22. The first kappa shape index (κ1) is 25.4. The highest BCUT2D eigenvalue weighted by Crippen LogP contribution is 2.31. The Morgan fingerprint density at radius 1 is 0.971 bits per heavy atom. The molecule has 0 aromatic heterocycles. The monoisotopic (exact) mass is 488 g/mol. The summed E-state index contributed by atoms with van der Waals surface area (Å²) < 4.78 is 39.8. The van der Waals surface area contributed by atoms with Gasteiger partial charge in [-0.15, -0.1) is 0 Å². The normalized spacial score (nSPS) is 20.3. The van der Waals surface area contributed by atoms with Gasteiger partial charge >= 0.3 is 0 Å². The SMILES string of the molecule is O=C(C=Cc1cc(F)cc(F)c1)N1CCC(O)(C(O)CN2CCC(c3ccc(F)cc3)CC2)CC1. The zero-order valence-electron chi connectivity index (χ0n) is 19.5. The highest BCUT2D eigenvalue weighted by Gasteiger charge is 2.40. The van der Waals surface area contributed by atoms with Crippen LogP contribution in [0.4, 0.5) is 13.2 Å². The number of amides is 1. The van der Waals surface area contributed by atoms with Crippen molar-refractivity contribution in [2.24, 2.45) is 0 Å². The zero-order valence-corrected chi connectivity index (χ0v) is 19.5. The van der Waals surface area contributed by atoms with E-state index in [0.29, 0.717) is 12.5 Å². The number of hydrogen-bond acceptors (Lipinski definition) is 4. The number of carbonyl (C=O) groups is 1. The Labute approximate surface area is 203 Å². The third-order valence-electron chi connectivity index (χ3n) is 7.22. The van der Waals surface area contributed by atoms with E-state index in [1.165, 1.54) is 24.3 Å². The molecule has 2 aromatic carbocycles. The number of likely N-dealkylation sites (tertiary alicyclic amines) is 2. The van der Waals surface area contributed by atoms with Crippen LogP contribution in [0.3, 0.4) is 0 Å². The van der Waals surface area contributed by atoms with Gasteiger partial charge in [0.1, 0.15) is 17.5 Å². The summed E-state index contributed by atoms with van der Waals surface area (Å²) in [5, 5.41) is 21.8. The van der Waals surface area contributed by atoms with Crippen molar-refractivity contribution < 1.29 is 28.2 Å². The highest BCUT2D eigenvalue weighted by molar-refractivity contribution is 5.91. The van der Waals surface area contributed by atoms with E-state index in [1.807, 2.05) is 12.1 Å². The van der Waals surface area contributed by atoms with Gasteiger partial charge in [-0.05, 0) is 86.2 Å². The number of benzene rings is 2. The number of rotatable bonds is 6. The molecule has 0 saturated carbocycles. The molecule has 35 heavy (non-hydrogen) atoms. The molecule has 2 aliphatic heterocycles. The maximum Gasteiger partial charge on any atom is 0.246 e. The first-order valence-electron chi connectivity index (χ1n) is 12.0. The molecule has 0 radical (unpaired) electrons. The molecular formula is C27H31F3N2O3. The lowest BCUT2D eigenvalue weighted by Crippen LogP contribution is -2.56. The van der Waals surface area contributed by atoms with Crippen molar-refractivity contribution in [2.75, 3.05) is 32.7 Å². The Bertz CT molecular complexity index is 1020. The predicted molar refractivity (Wildman–Crippen MR) is 127 cm³/mol. The number of nitrogens with zero attached hydrogens (tertiary/aromatic N) is 2. The third kappa shape index (κ3) is 6.51. The molecule has 2 heterocycles. The second-order valence-electron chi connectivity index (χ2n) is 9.61. The quantitative estimate of drug-likeness (QED) is 0.609. The van der Waals surface area contributed by atoms with Gasteiger partial charge in [0.2, 0.25) is 5.91 Å². The van der Waals surface area contributed by atoms with Crippen molar-refractivity contribution >= 4 is 12.0 Å². The van der Waals surface area contributed by atoms with Crippen molar-refractivity contribution in [3.05, 3.63) is 77.1 Å². The predicted octanol–water partition coefficient (Wildman–Crippen LogP) is 3.71. The second kappa shape index (κ2) is 10.9. The molecule has 5 nitrogen and oxygen atoms in total. The first-order valence-corrected chi connectivity index (χ1v) is 12.0. The van der Waals surface area contributed by atoms with Crippen molar-refractivity contribution in [3.63, 3.8) is 0 Å². The molecule has 0 bridgehead atoms. The zero-order chi connectivity index (χ0) is 25.0. The van der Waals surface area contributed by atoms with E-state index in [2.05, 4.69) is 4.90 Å². The Hall–Kier alpha value is -2.68. The lowest BCUT2D eigenvalue weighted by atomic mass is 9.84. The van der Waals surface area contributed by atoms with Crippen LogP contribution in [0, 0.1) is 17.5 Å². The summed E-state index contributed by atoms with van der Waals surface area (Å²) in [7, 11) is 0. The maximum absolute atomic E-state index is 13.3. The minimum absolute atomic E-state index is 0.242.